The van der Waals surface area contributed by atoms with Gasteiger partial charge in [-0.25, -0.2) is 9.67 Å². The van der Waals surface area contributed by atoms with Crippen LogP contribution in [0.5, 0.6) is 0 Å². The maximum atomic E-state index is 4.21. The Morgan fingerprint density at radius 2 is 2.12 bits per heavy atom. The van der Waals surface area contributed by atoms with E-state index in [1.807, 2.05) is 22.9 Å². The lowest BCUT2D eigenvalue weighted by atomic mass is 10.1. The van der Waals surface area contributed by atoms with Crippen LogP contribution in [0.1, 0.15) is 18.5 Å². The minimum Gasteiger partial charge on any atom is -0.315 e. The highest BCUT2D eigenvalue weighted by Gasteiger charge is 2.12. The van der Waals surface area contributed by atoms with E-state index < -0.39 is 0 Å². The Bertz CT molecular complexity index is 396. The first kappa shape index (κ1) is 10.8. The van der Waals surface area contributed by atoms with E-state index in [9.17, 15) is 0 Å². The van der Waals surface area contributed by atoms with Gasteiger partial charge in [0.2, 0.25) is 0 Å². The van der Waals surface area contributed by atoms with Crippen molar-refractivity contribution in [3.05, 3.63) is 48.5 Å². The van der Waals surface area contributed by atoms with Gasteiger partial charge in [-0.2, -0.15) is 5.10 Å². The Morgan fingerprint density at radius 1 is 1.31 bits per heavy atom. The van der Waals surface area contributed by atoms with Crippen LogP contribution in [0.25, 0.3) is 0 Å². The molecule has 0 amide bonds. The number of nitrogens with one attached hydrogen (secondary N) is 1. The number of aromatic nitrogens is 3. The number of hydrogen-bond donors (Lipinski definition) is 1. The molecule has 0 aliphatic rings. The Kier molecular flexibility index (Phi) is 3.66. The van der Waals surface area contributed by atoms with Crippen LogP contribution >= 0.6 is 0 Å². The molecule has 2 rings (SSSR count). The van der Waals surface area contributed by atoms with Crippen molar-refractivity contribution in [3.63, 3.8) is 0 Å². The predicted octanol–water partition coefficient (Wildman–Crippen LogP) is 1.48. The number of benzene rings is 1. The van der Waals surface area contributed by atoms with Crippen LogP contribution in [0, 0.1) is 0 Å². The Hall–Kier alpha value is -1.68. The van der Waals surface area contributed by atoms with Crippen molar-refractivity contribution in [1.82, 2.24) is 20.1 Å². The van der Waals surface area contributed by atoms with Gasteiger partial charge in [0.15, 0.2) is 0 Å². The first-order valence-electron chi connectivity index (χ1n) is 5.51. The predicted molar refractivity (Wildman–Crippen MR) is 63.1 cm³/mol. The molecule has 0 aliphatic carbocycles. The summed E-state index contributed by atoms with van der Waals surface area (Å²) >= 11 is 0. The second-order valence-electron chi connectivity index (χ2n) is 3.61. The first-order chi connectivity index (χ1) is 7.92. The van der Waals surface area contributed by atoms with E-state index >= 15 is 0 Å². The fraction of sp³-hybridized carbons (Fsp3) is 0.333. The molecule has 84 valence electrons. The summed E-state index contributed by atoms with van der Waals surface area (Å²) in [5.41, 5.74) is 1.24. The normalized spacial score (nSPS) is 12.6. The van der Waals surface area contributed by atoms with Gasteiger partial charge in [0.05, 0.1) is 6.04 Å². The highest BCUT2D eigenvalue weighted by atomic mass is 15.3. The van der Waals surface area contributed by atoms with Crippen LogP contribution in [0.4, 0.5) is 0 Å². The van der Waals surface area contributed by atoms with Crippen molar-refractivity contribution >= 4 is 0 Å². The summed E-state index contributed by atoms with van der Waals surface area (Å²) in [4.78, 5) is 4.00. The van der Waals surface area contributed by atoms with Crippen LogP contribution in [0.2, 0.25) is 0 Å². The van der Waals surface area contributed by atoms with Crippen molar-refractivity contribution in [2.24, 2.45) is 0 Å². The molecule has 0 spiro atoms. The van der Waals surface area contributed by atoms with E-state index in [1.165, 1.54) is 5.56 Å². The third-order valence-electron chi connectivity index (χ3n) is 2.53. The van der Waals surface area contributed by atoms with Crippen molar-refractivity contribution in [2.45, 2.75) is 13.0 Å². The average molecular weight is 216 g/mol. The van der Waals surface area contributed by atoms with Crippen LogP contribution in [-0.4, -0.2) is 27.9 Å². The summed E-state index contributed by atoms with van der Waals surface area (Å²) in [5.74, 6) is 0. The van der Waals surface area contributed by atoms with Gasteiger partial charge in [-0.15, -0.1) is 0 Å². The smallest absolute Gasteiger partial charge is 0.137 e. The van der Waals surface area contributed by atoms with E-state index in [0.717, 1.165) is 13.1 Å². The monoisotopic (exact) mass is 216 g/mol. The molecule has 0 bridgehead atoms. The van der Waals surface area contributed by atoms with Crippen molar-refractivity contribution in [2.75, 3.05) is 13.1 Å². The lowest BCUT2D eigenvalue weighted by molar-refractivity contribution is 0.486. The topological polar surface area (TPSA) is 42.7 Å². The van der Waals surface area contributed by atoms with Crippen molar-refractivity contribution in [3.8, 4) is 0 Å². The Labute approximate surface area is 95.3 Å². The molecule has 0 saturated heterocycles. The van der Waals surface area contributed by atoms with Crippen molar-refractivity contribution < 1.29 is 0 Å². The molecule has 1 aromatic heterocycles. The molecule has 1 N–H and O–H groups in total. The zero-order valence-corrected chi connectivity index (χ0v) is 9.37. The molecule has 4 heteroatoms. The molecular weight excluding hydrogens is 200 g/mol. The van der Waals surface area contributed by atoms with Crippen molar-refractivity contribution in [1.29, 1.82) is 0 Å². The number of rotatable bonds is 5. The fourth-order valence-electron chi connectivity index (χ4n) is 1.70. The zero-order chi connectivity index (χ0) is 11.2. The Balaban J connectivity index is 2.21. The SMILES string of the molecule is CCNCC(c1ccccc1)n1cncn1. The molecule has 0 radical (unpaired) electrons. The lowest BCUT2D eigenvalue weighted by Gasteiger charge is -2.17. The fourth-order valence-corrected chi connectivity index (χ4v) is 1.70. The average Bonchev–Trinajstić information content (AvgIpc) is 2.85. The van der Waals surface area contributed by atoms with Crippen LogP contribution in [-0.2, 0) is 0 Å². The summed E-state index contributed by atoms with van der Waals surface area (Å²) in [7, 11) is 0. The number of likely N-dealkylation sites (N-methyl/N-ethyl adjacent to an activating group) is 1. The van der Waals surface area contributed by atoms with Crippen LogP contribution < -0.4 is 5.32 Å². The zero-order valence-electron chi connectivity index (χ0n) is 9.37. The molecule has 1 atom stereocenters. The molecule has 0 saturated carbocycles. The Morgan fingerprint density at radius 3 is 2.75 bits per heavy atom. The summed E-state index contributed by atoms with van der Waals surface area (Å²) in [6, 6.07) is 10.6. The van der Waals surface area contributed by atoms with Gasteiger partial charge in [-0.3, -0.25) is 0 Å². The molecule has 0 fully saturated rings. The second kappa shape index (κ2) is 5.42. The summed E-state index contributed by atoms with van der Waals surface area (Å²) < 4.78 is 1.89. The van der Waals surface area contributed by atoms with E-state index in [2.05, 4.69) is 34.5 Å². The molecule has 1 unspecified atom stereocenters. The molecule has 4 nitrogen and oxygen atoms in total. The van der Waals surface area contributed by atoms with E-state index in [-0.39, 0.29) is 6.04 Å². The molecule has 0 aliphatic heterocycles. The highest BCUT2D eigenvalue weighted by molar-refractivity contribution is 5.19. The summed E-state index contributed by atoms with van der Waals surface area (Å²) in [6.07, 6.45) is 3.33. The third-order valence-corrected chi connectivity index (χ3v) is 2.53. The van der Waals surface area contributed by atoms with Gasteiger partial charge in [0.25, 0.3) is 0 Å². The van der Waals surface area contributed by atoms with Gasteiger partial charge < -0.3 is 5.32 Å². The number of nitrogens with zero attached hydrogens (tertiary/aromatic N) is 3. The van der Waals surface area contributed by atoms with E-state index in [0.29, 0.717) is 0 Å². The highest BCUT2D eigenvalue weighted by Crippen LogP contribution is 2.15. The number of hydrogen-bond acceptors (Lipinski definition) is 3. The molecule has 16 heavy (non-hydrogen) atoms. The second-order valence-corrected chi connectivity index (χ2v) is 3.61. The standard InChI is InChI=1S/C12H16N4/c1-2-13-8-12(16-10-14-9-15-16)11-6-4-3-5-7-11/h3-7,9-10,12-13H,2,8H2,1H3. The quantitative estimate of drug-likeness (QED) is 0.823. The molecule has 1 heterocycles. The van der Waals surface area contributed by atoms with E-state index in [4.69, 9.17) is 0 Å². The van der Waals surface area contributed by atoms with E-state index in [1.54, 1.807) is 12.7 Å². The minimum absolute atomic E-state index is 0.212. The summed E-state index contributed by atoms with van der Waals surface area (Å²) in [5, 5.41) is 7.56. The van der Waals surface area contributed by atoms with Crippen LogP contribution in [0.15, 0.2) is 43.0 Å². The largest absolute Gasteiger partial charge is 0.315 e. The van der Waals surface area contributed by atoms with Crippen LogP contribution in [0.3, 0.4) is 0 Å². The third kappa shape index (κ3) is 2.46. The first-order valence-corrected chi connectivity index (χ1v) is 5.51. The molecular formula is C12H16N4. The maximum absolute atomic E-state index is 4.21. The summed E-state index contributed by atoms with van der Waals surface area (Å²) in [6.45, 7) is 3.92. The van der Waals surface area contributed by atoms with Gasteiger partial charge in [-0.1, -0.05) is 37.3 Å². The minimum atomic E-state index is 0.212. The van der Waals surface area contributed by atoms with Gasteiger partial charge >= 0.3 is 0 Å². The van der Waals surface area contributed by atoms with Gasteiger partial charge in [0, 0.05) is 6.54 Å². The van der Waals surface area contributed by atoms with Gasteiger partial charge in [-0.05, 0) is 12.1 Å². The lowest BCUT2D eigenvalue weighted by Crippen LogP contribution is -2.26. The maximum Gasteiger partial charge on any atom is 0.137 e. The molecule has 2 aromatic rings. The molecule has 1 aromatic carbocycles. The van der Waals surface area contributed by atoms with Gasteiger partial charge in [0.1, 0.15) is 12.7 Å².